The van der Waals surface area contributed by atoms with Crippen molar-refractivity contribution in [2.75, 3.05) is 6.61 Å². The van der Waals surface area contributed by atoms with E-state index in [1.54, 1.807) is 0 Å². The van der Waals surface area contributed by atoms with Gasteiger partial charge in [-0.3, -0.25) is 0 Å². The molecule has 0 aliphatic heterocycles. The largest absolute Gasteiger partial charge is 0.409 e. The molecule has 0 amide bonds. The van der Waals surface area contributed by atoms with Gasteiger partial charge in [-0.25, -0.2) is 0 Å². The van der Waals surface area contributed by atoms with Crippen molar-refractivity contribution in [3.63, 3.8) is 0 Å². The van der Waals surface area contributed by atoms with Gasteiger partial charge in [-0.1, -0.05) is 51.1 Å². The molecule has 24 heavy (non-hydrogen) atoms. The highest BCUT2D eigenvalue weighted by atomic mass is 28.4. The van der Waals surface area contributed by atoms with Gasteiger partial charge in [0.05, 0.1) is 17.8 Å². The summed E-state index contributed by atoms with van der Waals surface area (Å²) in [6, 6.07) is 10.2. The third-order valence-electron chi connectivity index (χ3n) is 5.83. The van der Waals surface area contributed by atoms with Gasteiger partial charge in [0, 0.05) is 13.0 Å². The van der Waals surface area contributed by atoms with E-state index in [0.717, 1.165) is 19.3 Å². The van der Waals surface area contributed by atoms with Crippen LogP contribution in [0.25, 0.3) is 0 Å². The first-order valence-electron chi connectivity index (χ1n) is 9.03. The first-order chi connectivity index (χ1) is 11.0. The minimum absolute atomic E-state index is 0.129. The quantitative estimate of drug-likeness (QED) is 0.535. The molecule has 1 aromatic rings. The number of aliphatic hydroxyl groups is 1. The second-order valence-electron chi connectivity index (χ2n) is 8.91. The molecule has 0 radical (unpaired) electrons. The Balaban J connectivity index is 1.96. The van der Waals surface area contributed by atoms with Crippen molar-refractivity contribution in [2.45, 2.75) is 82.9 Å². The lowest BCUT2D eigenvalue weighted by atomic mass is 9.93. The van der Waals surface area contributed by atoms with Crippen LogP contribution < -0.4 is 0 Å². The predicted octanol–water partition coefficient (Wildman–Crippen LogP) is 4.90. The van der Waals surface area contributed by atoms with Crippen LogP contribution in [-0.2, 0) is 15.8 Å². The van der Waals surface area contributed by atoms with Crippen molar-refractivity contribution in [3.05, 3.63) is 35.9 Å². The summed E-state index contributed by atoms with van der Waals surface area (Å²) in [6.45, 7) is 14.5. The smallest absolute Gasteiger partial charge is 0.192 e. The second kappa shape index (κ2) is 6.91. The van der Waals surface area contributed by atoms with Crippen molar-refractivity contribution >= 4 is 8.32 Å². The highest BCUT2D eigenvalue weighted by Gasteiger charge is 2.59. The molecule has 0 heterocycles. The summed E-state index contributed by atoms with van der Waals surface area (Å²) in [5.74, 6) is 0. The van der Waals surface area contributed by atoms with Gasteiger partial charge in [-0.2, -0.15) is 0 Å². The van der Waals surface area contributed by atoms with Crippen LogP contribution in [-0.4, -0.2) is 31.2 Å². The van der Waals surface area contributed by atoms with Gasteiger partial charge in [-0.05, 0) is 43.5 Å². The maximum Gasteiger partial charge on any atom is 0.192 e. The van der Waals surface area contributed by atoms with Gasteiger partial charge < -0.3 is 14.3 Å². The lowest BCUT2D eigenvalue weighted by molar-refractivity contribution is -0.0869. The molecule has 0 unspecified atom stereocenters. The van der Waals surface area contributed by atoms with Crippen molar-refractivity contribution in [1.82, 2.24) is 0 Å². The normalized spacial score (nSPS) is 19.8. The van der Waals surface area contributed by atoms with E-state index in [0.29, 0.717) is 13.2 Å². The summed E-state index contributed by atoms with van der Waals surface area (Å²) in [4.78, 5) is 0. The molecule has 2 rings (SSSR count). The summed E-state index contributed by atoms with van der Waals surface area (Å²) in [7, 11) is -1.95. The van der Waals surface area contributed by atoms with E-state index in [2.05, 4.69) is 52.9 Å². The highest BCUT2D eigenvalue weighted by Crippen LogP contribution is 2.51. The Morgan fingerprint density at radius 2 is 1.67 bits per heavy atom. The van der Waals surface area contributed by atoms with Gasteiger partial charge >= 0.3 is 0 Å². The van der Waals surface area contributed by atoms with E-state index in [1.807, 2.05) is 18.2 Å². The molecule has 1 N–H and O–H groups in total. The summed E-state index contributed by atoms with van der Waals surface area (Å²) in [5.41, 5.74) is -0.0275. The fourth-order valence-electron chi connectivity index (χ4n) is 2.77. The Hall–Kier alpha value is -0.683. The number of benzene rings is 1. The Kier molecular flexibility index (Phi) is 5.65. The summed E-state index contributed by atoms with van der Waals surface area (Å²) in [5, 5.41) is 11.0. The van der Waals surface area contributed by atoms with Crippen LogP contribution in [0, 0.1) is 0 Å². The Morgan fingerprint density at radius 3 is 2.17 bits per heavy atom. The van der Waals surface area contributed by atoms with Crippen LogP contribution in [0.4, 0.5) is 0 Å². The molecular weight excluding hydrogens is 316 g/mol. The molecule has 1 fully saturated rings. The van der Waals surface area contributed by atoms with E-state index in [1.165, 1.54) is 5.56 Å². The number of ether oxygens (including phenoxy) is 1. The van der Waals surface area contributed by atoms with Gasteiger partial charge in [0.2, 0.25) is 0 Å². The van der Waals surface area contributed by atoms with E-state index in [4.69, 9.17) is 9.16 Å². The lowest BCUT2D eigenvalue weighted by Crippen LogP contribution is -2.55. The molecule has 4 heteroatoms. The molecule has 1 aliphatic rings. The summed E-state index contributed by atoms with van der Waals surface area (Å²) < 4.78 is 12.5. The molecular formula is C20H34O3Si. The Morgan fingerprint density at radius 1 is 1.08 bits per heavy atom. The van der Waals surface area contributed by atoms with Crippen LogP contribution in [0.3, 0.4) is 0 Å². The monoisotopic (exact) mass is 350 g/mol. The number of rotatable bonds is 8. The summed E-state index contributed by atoms with van der Waals surface area (Å²) in [6.07, 6.45) is 2.39. The van der Waals surface area contributed by atoms with Crippen molar-refractivity contribution in [1.29, 1.82) is 0 Å². The Bertz CT molecular complexity index is 532. The molecule has 136 valence electrons. The fraction of sp³-hybridized carbons (Fsp3) is 0.700. The maximum absolute atomic E-state index is 10.8. The number of hydrogen-bond donors (Lipinski definition) is 1. The Labute approximate surface area is 148 Å². The maximum atomic E-state index is 10.8. The van der Waals surface area contributed by atoms with Crippen molar-refractivity contribution in [2.24, 2.45) is 0 Å². The standard InChI is InChI=1S/C20H34O3Si/c1-18(2,3)24(5,6)23-19(4,20(21)12-13-20)14-15-22-16-17-10-8-7-9-11-17/h7-11,21H,12-16H2,1-6H3/t19-/m0/s1. The van der Waals surface area contributed by atoms with Gasteiger partial charge in [-0.15, -0.1) is 0 Å². The van der Waals surface area contributed by atoms with Crippen LogP contribution in [0.1, 0.15) is 52.5 Å². The van der Waals surface area contributed by atoms with Gasteiger partial charge in [0.25, 0.3) is 0 Å². The van der Waals surface area contributed by atoms with E-state index in [9.17, 15) is 5.11 Å². The van der Waals surface area contributed by atoms with Crippen molar-refractivity contribution < 1.29 is 14.3 Å². The van der Waals surface area contributed by atoms with Crippen LogP contribution in [0.15, 0.2) is 30.3 Å². The zero-order chi connectivity index (χ0) is 18.1. The van der Waals surface area contributed by atoms with Gasteiger partial charge in [0.1, 0.15) is 0 Å². The molecule has 0 bridgehead atoms. The molecule has 0 saturated heterocycles. The zero-order valence-corrected chi connectivity index (χ0v) is 17.2. The minimum Gasteiger partial charge on any atom is -0.409 e. The minimum atomic E-state index is -1.95. The molecule has 1 atom stereocenters. The first kappa shape index (κ1) is 19.6. The van der Waals surface area contributed by atoms with Crippen LogP contribution in [0.5, 0.6) is 0 Å². The molecule has 0 spiro atoms. The SMILES string of the molecule is CC(C)(C)[Si](C)(C)O[C@@](C)(CCOCc1ccccc1)C1(O)CC1. The van der Waals surface area contributed by atoms with E-state index >= 15 is 0 Å². The predicted molar refractivity (Wildman–Crippen MR) is 102 cm³/mol. The molecule has 1 saturated carbocycles. The zero-order valence-electron chi connectivity index (χ0n) is 16.2. The first-order valence-corrected chi connectivity index (χ1v) is 11.9. The third-order valence-corrected chi connectivity index (χ3v) is 10.4. The summed E-state index contributed by atoms with van der Waals surface area (Å²) >= 11 is 0. The average molecular weight is 351 g/mol. The highest BCUT2D eigenvalue weighted by molar-refractivity contribution is 6.74. The number of hydrogen-bond acceptors (Lipinski definition) is 3. The van der Waals surface area contributed by atoms with Crippen LogP contribution in [0.2, 0.25) is 18.1 Å². The van der Waals surface area contributed by atoms with Crippen LogP contribution >= 0.6 is 0 Å². The van der Waals surface area contributed by atoms with E-state index < -0.39 is 19.5 Å². The molecule has 1 aliphatic carbocycles. The molecule has 1 aromatic carbocycles. The molecule has 0 aromatic heterocycles. The average Bonchev–Trinajstić information content (AvgIpc) is 3.23. The lowest BCUT2D eigenvalue weighted by Gasteiger charge is -2.46. The third kappa shape index (κ3) is 4.48. The van der Waals surface area contributed by atoms with Gasteiger partial charge in [0.15, 0.2) is 8.32 Å². The van der Waals surface area contributed by atoms with E-state index in [-0.39, 0.29) is 5.04 Å². The fourth-order valence-corrected chi connectivity index (χ4v) is 4.50. The topological polar surface area (TPSA) is 38.7 Å². The van der Waals surface area contributed by atoms with Crippen molar-refractivity contribution in [3.8, 4) is 0 Å². The second-order valence-corrected chi connectivity index (χ2v) is 13.6. The molecule has 3 nitrogen and oxygen atoms in total.